The lowest BCUT2D eigenvalue weighted by Crippen LogP contribution is -2.26. The number of unbranched alkanes of at least 4 members (excludes halogenated alkanes) is 1. The van der Waals surface area contributed by atoms with Crippen LogP contribution in [0.25, 0.3) is 6.08 Å². The smallest absolute Gasteiger partial charge is 0.118 e. The summed E-state index contributed by atoms with van der Waals surface area (Å²) in [4.78, 5) is 2.32. The van der Waals surface area contributed by atoms with Gasteiger partial charge >= 0.3 is 0 Å². The molecular weight excluding hydrogens is 258 g/mol. The van der Waals surface area contributed by atoms with Crippen LogP contribution in [0.2, 0.25) is 0 Å². The predicted molar refractivity (Wildman–Crippen MR) is 92.0 cm³/mol. The van der Waals surface area contributed by atoms with E-state index in [0.717, 1.165) is 32.4 Å². The molecule has 2 nitrogen and oxygen atoms in total. The molecule has 0 aliphatic heterocycles. The first-order chi connectivity index (χ1) is 10.3. The zero-order chi connectivity index (χ0) is 15.3. The molecule has 2 heteroatoms. The van der Waals surface area contributed by atoms with Gasteiger partial charge in [-0.25, -0.2) is 0 Å². The number of nitrogens with zero attached hydrogens (tertiary/aromatic N) is 1. The van der Waals surface area contributed by atoms with Gasteiger partial charge in [0.05, 0.1) is 0 Å². The Balaban J connectivity index is 2.84. The van der Waals surface area contributed by atoms with Crippen LogP contribution in [0, 0.1) is 0 Å². The van der Waals surface area contributed by atoms with Crippen molar-refractivity contribution in [1.29, 1.82) is 0 Å². The van der Waals surface area contributed by atoms with E-state index in [-0.39, 0.29) is 0 Å². The van der Waals surface area contributed by atoms with Crippen molar-refractivity contribution < 1.29 is 4.74 Å². The summed E-state index contributed by atoms with van der Waals surface area (Å²) >= 11 is 0. The highest BCUT2D eigenvalue weighted by Crippen LogP contribution is 2.12. The summed E-state index contributed by atoms with van der Waals surface area (Å²) in [6.45, 7) is 8.90. The molecule has 0 aliphatic rings. The van der Waals surface area contributed by atoms with E-state index in [1.165, 1.54) is 11.3 Å². The molecule has 21 heavy (non-hydrogen) atoms. The first-order valence-electron chi connectivity index (χ1n) is 8.07. The van der Waals surface area contributed by atoms with E-state index in [1.54, 1.807) is 0 Å². The lowest BCUT2D eigenvalue weighted by molar-refractivity contribution is 0.0573. The Morgan fingerprint density at radius 2 is 1.86 bits per heavy atom. The summed E-state index contributed by atoms with van der Waals surface area (Å²) in [5.74, 6) is 0. The monoisotopic (exact) mass is 287 g/mol. The third kappa shape index (κ3) is 7.14. The average Bonchev–Trinajstić information content (AvgIpc) is 2.53. The molecule has 0 amide bonds. The zero-order valence-electron chi connectivity index (χ0n) is 13.7. The Bertz CT molecular complexity index is 422. The van der Waals surface area contributed by atoms with Crippen LogP contribution in [-0.2, 0) is 4.74 Å². The van der Waals surface area contributed by atoms with E-state index in [0.29, 0.717) is 6.73 Å². The number of rotatable bonds is 10. The summed E-state index contributed by atoms with van der Waals surface area (Å²) in [5.41, 5.74) is 2.49. The van der Waals surface area contributed by atoms with Gasteiger partial charge in [0.15, 0.2) is 0 Å². The molecular formula is C19H29NO. The number of ether oxygens (including phenoxy) is 1. The molecule has 0 aliphatic carbocycles. The Morgan fingerprint density at radius 1 is 1.10 bits per heavy atom. The van der Waals surface area contributed by atoms with Crippen LogP contribution in [0.15, 0.2) is 48.2 Å². The fraction of sp³-hybridized carbons (Fsp3) is 0.474. The van der Waals surface area contributed by atoms with Crippen molar-refractivity contribution in [2.24, 2.45) is 0 Å². The predicted octanol–water partition coefficient (Wildman–Crippen LogP) is 5.09. The van der Waals surface area contributed by atoms with Gasteiger partial charge in [-0.1, -0.05) is 62.8 Å². The molecule has 0 atom stereocenters. The van der Waals surface area contributed by atoms with E-state index in [2.05, 4.69) is 61.2 Å². The highest BCUT2D eigenvalue weighted by Gasteiger charge is 2.05. The first-order valence-corrected chi connectivity index (χ1v) is 8.07. The van der Waals surface area contributed by atoms with Crippen LogP contribution in [-0.4, -0.2) is 24.8 Å². The van der Waals surface area contributed by atoms with Crippen molar-refractivity contribution in [3.8, 4) is 0 Å². The number of hydrogen-bond donors (Lipinski definition) is 0. The van der Waals surface area contributed by atoms with Gasteiger partial charge in [0.1, 0.15) is 6.73 Å². The molecule has 0 bridgehead atoms. The lowest BCUT2D eigenvalue weighted by atomic mass is 10.1. The van der Waals surface area contributed by atoms with Crippen molar-refractivity contribution in [1.82, 2.24) is 4.90 Å². The third-order valence-electron chi connectivity index (χ3n) is 3.20. The summed E-state index contributed by atoms with van der Waals surface area (Å²) in [6.07, 6.45) is 10.1. The summed E-state index contributed by atoms with van der Waals surface area (Å²) < 4.78 is 5.61. The normalized spacial score (nSPS) is 12.0. The third-order valence-corrected chi connectivity index (χ3v) is 3.20. The Morgan fingerprint density at radius 3 is 2.48 bits per heavy atom. The maximum atomic E-state index is 5.61. The Kier molecular flexibility index (Phi) is 9.30. The fourth-order valence-electron chi connectivity index (χ4n) is 2.08. The van der Waals surface area contributed by atoms with Gasteiger partial charge < -0.3 is 9.64 Å². The van der Waals surface area contributed by atoms with Crippen LogP contribution in [0.3, 0.4) is 0 Å². The molecule has 0 unspecified atom stereocenters. The summed E-state index contributed by atoms with van der Waals surface area (Å²) in [6, 6.07) is 10.4. The van der Waals surface area contributed by atoms with Gasteiger partial charge in [0, 0.05) is 18.8 Å². The van der Waals surface area contributed by atoms with Crippen LogP contribution in [0.4, 0.5) is 0 Å². The summed E-state index contributed by atoms with van der Waals surface area (Å²) in [5, 5.41) is 0. The van der Waals surface area contributed by atoms with Crippen LogP contribution >= 0.6 is 0 Å². The topological polar surface area (TPSA) is 12.5 Å². The molecule has 0 saturated carbocycles. The highest BCUT2D eigenvalue weighted by molar-refractivity contribution is 5.52. The zero-order valence-corrected chi connectivity index (χ0v) is 13.7. The van der Waals surface area contributed by atoms with Gasteiger partial charge in [-0.05, 0) is 31.4 Å². The van der Waals surface area contributed by atoms with Gasteiger partial charge in [0.25, 0.3) is 0 Å². The minimum Gasteiger partial charge on any atom is -0.361 e. The molecule has 1 aromatic rings. The minimum atomic E-state index is 0.666. The van der Waals surface area contributed by atoms with E-state index >= 15 is 0 Å². The Hall–Kier alpha value is -1.54. The fourth-order valence-corrected chi connectivity index (χ4v) is 2.08. The molecule has 0 heterocycles. The molecule has 0 saturated heterocycles. The quantitative estimate of drug-likeness (QED) is 0.439. The van der Waals surface area contributed by atoms with Crippen LogP contribution in [0.1, 0.15) is 45.6 Å². The van der Waals surface area contributed by atoms with Gasteiger partial charge in [0.2, 0.25) is 0 Å². The molecule has 0 aromatic heterocycles. The van der Waals surface area contributed by atoms with Crippen molar-refractivity contribution in [2.75, 3.05) is 19.9 Å². The molecule has 0 radical (unpaired) electrons. The highest BCUT2D eigenvalue weighted by atomic mass is 16.5. The van der Waals surface area contributed by atoms with E-state index < -0.39 is 0 Å². The van der Waals surface area contributed by atoms with Gasteiger partial charge in [-0.3, -0.25) is 0 Å². The second-order valence-corrected chi connectivity index (χ2v) is 5.05. The van der Waals surface area contributed by atoms with Crippen molar-refractivity contribution in [2.45, 2.75) is 40.0 Å². The van der Waals surface area contributed by atoms with E-state index in [4.69, 9.17) is 4.74 Å². The summed E-state index contributed by atoms with van der Waals surface area (Å²) in [7, 11) is 0. The molecule has 1 aromatic carbocycles. The van der Waals surface area contributed by atoms with Crippen LogP contribution in [0.5, 0.6) is 0 Å². The molecule has 0 spiro atoms. The Labute approximate surface area is 130 Å². The second kappa shape index (κ2) is 11.2. The second-order valence-electron chi connectivity index (χ2n) is 5.05. The number of hydrogen-bond acceptors (Lipinski definition) is 2. The van der Waals surface area contributed by atoms with Gasteiger partial charge in [-0.15, -0.1) is 0 Å². The standard InChI is InChI=1S/C19H29NO/c1-4-7-13-19(20(16-5-2)17-21-6-3)15-14-18-11-9-8-10-12-18/h8-15H,4-7,16-17H2,1-3H3/b15-14+,19-13+. The van der Waals surface area contributed by atoms with Crippen molar-refractivity contribution in [3.63, 3.8) is 0 Å². The molecule has 116 valence electrons. The average molecular weight is 287 g/mol. The minimum absolute atomic E-state index is 0.666. The maximum absolute atomic E-state index is 5.61. The number of benzene rings is 1. The van der Waals surface area contributed by atoms with E-state index in [1.807, 2.05) is 13.0 Å². The van der Waals surface area contributed by atoms with Crippen molar-refractivity contribution >= 4 is 6.08 Å². The molecule has 0 fully saturated rings. The lowest BCUT2D eigenvalue weighted by Gasteiger charge is -2.25. The maximum Gasteiger partial charge on any atom is 0.118 e. The largest absolute Gasteiger partial charge is 0.361 e. The molecule has 1 rings (SSSR count). The molecule has 0 N–H and O–H groups in total. The SMILES string of the molecule is CCC/C=C(\C=C\c1ccccc1)N(CCC)COCC. The van der Waals surface area contributed by atoms with Gasteiger partial charge in [-0.2, -0.15) is 0 Å². The van der Waals surface area contributed by atoms with E-state index in [9.17, 15) is 0 Å². The van der Waals surface area contributed by atoms with Crippen LogP contribution < -0.4 is 0 Å². The first kappa shape index (κ1) is 17.5. The van der Waals surface area contributed by atoms with Crippen molar-refractivity contribution in [3.05, 3.63) is 53.7 Å². The number of allylic oxidation sites excluding steroid dienone is 2.